The largest absolute Gasteiger partial charge is 0.369 e. The van der Waals surface area contributed by atoms with Crippen molar-refractivity contribution in [2.45, 2.75) is 6.42 Å². The molecule has 0 unspecified atom stereocenters. The number of carbonyl (C=O) groups excluding carboxylic acids is 1. The maximum Gasteiger partial charge on any atom is 0.287 e. The SMILES string of the molecule is Cn1cc([N+](=O)[O-])cc1-c1nc2cc(C(=O)NCCc3ccc(N(CCCl)CCCl)cc3)ccc2[nH]1. The molecule has 9 nitrogen and oxygen atoms in total. The predicted molar refractivity (Wildman–Crippen MR) is 143 cm³/mol. The molecule has 0 radical (unpaired) electrons. The lowest BCUT2D eigenvalue weighted by molar-refractivity contribution is -0.384. The molecule has 2 aromatic carbocycles. The second-order valence-corrected chi connectivity index (χ2v) is 9.06. The number of aromatic amines is 1. The molecule has 0 bridgehead atoms. The lowest BCUT2D eigenvalue weighted by Crippen LogP contribution is -2.27. The second kappa shape index (κ2) is 11.5. The molecule has 2 aromatic heterocycles. The summed E-state index contributed by atoms with van der Waals surface area (Å²) in [6.45, 7) is 1.95. The van der Waals surface area contributed by atoms with Gasteiger partial charge in [-0.2, -0.15) is 0 Å². The van der Waals surface area contributed by atoms with E-state index in [1.165, 1.54) is 12.3 Å². The van der Waals surface area contributed by atoms with Gasteiger partial charge in [-0.25, -0.2) is 4.98 Å². The second-order valence-electron chi connectivity index (χ2n) is 8.31. The van der Waals surface area contributed by atoms with E-state index in [-0.39, 0.29) is 11.6 Å². The summed E-state index contributed by atoms with van der Waals surface area (Å²) in [6, 6.07) is 14.9. The standard InChI is InChI=1S/C25H26Cl2N6O3/c1-31-16-20(33(35)36)15-23(31)24-29-21-7-4-18(14-22(21)30-24)25(34)28-11-8-17-2-5-19(6-3-17)32(12-9-26)13-10-27/h2-7,14-16H,8-13H2,1H3,(H,28,34)(H,29,30). The topological polar surface area (TPSA) is 109 Å². The van der Waals surface area contributed by atoms with Gasteiger partial charge in [0, 0.05) is 55.8 Å². The molecule has 0 aliphatic heterocycles. The van der Waals surface area contributed by atoms with Crippen LogP contribution in [0, 0.1) is 10.1 Å². The van der Waals surface area contributed by atoms with Gasteiger partial charge in [0.25, 0.3) is 11.6 Å². The van der Waals surface area contributed by atoms with Gasteiger partial charge in [-0.05, 0) is 42.3 Å². The number of H-pyrrole nitrogens is 1. The summed E-state index contributed by atoms with van der Waals surface area (Å²) in [5, 5.41) is 14.0. The van der Waals surface area contributed by atoms with Crippen LogP contribution in [0.3, 0.4) is 0 Å². The highest BCUT2D eigenvalue weighted by Crippen LogP contribution is 2.26. The van der Waals surface area contributed by atoms with E-state index >= 15 is 0 Å². The number of nitro groups is 1. The van der Waals surface area contributed by atoms with Gasteiger partial charge >= 0.3 is 0 Å². The molecule has 0 aliphatic rings. The predicted octanol–water partition coefficient (Wildman–Crippen LogP) is 4.73. The highest BCUT2D eigenvalue weighted by Gasteiger charge is 2.17. The van der Waals surface area contributed by atoms with E-state index in [0.29, 0.717) is 47.3 Å². The van der Waals surface area contributed by atoms with Crippen molar-refractivity contribution in [3.05, 3.63) is 76.0 Å². The number of benzene rings is 2. The summed E-state index contributed by atoms with van der Waals surface area (Å²) in [7, 11) is 1.72. The van der Waals surface area contributed by atoms with Crippen molar-refractivity contribution >= 4 is 51.5 Å². The molecule has 0 atom stereocenters. The highest BCUT2D eigenvalue weighted by atomic mass is 35.5. The Balaban J connectivity index is 1.38. The smallest absolute Gasteiger partial charge is 0.287 e. The van der Waals surface area contributed by atoms with Crippen LogP contribution < -0.4 is 10.2 Å². The Hall–Kier alpha value is -3.56. The highest BCUT2D eigenvalue weighted by molar-refractivity contribution is 6.18. The summed E-state index contributed by atoms with van der Waals surface area (Å²) >= 11 is 11.8. The molecule has 11 heteroatoms. The fourth-order valence-corrected chi connectivity index (χ4v) is 4.43. The van der Waals surface area contributed by atoms with E-state index in [1.54, 1.807) is 29.8 Å². The number of nitrogens with one attached hydrogen (secondary N) is 2. The van der Waals surface area contributed by atoms with Crippen LogP contribution in [0.4, 0.5) is 11.4 Å². The first-order valence-electron chi connectivity index (χ1n) is 11.4. The first-order valence-corrected chi connectivity index (χ1v) is 12.5. The molecule has 0 spiro atoms. The van der Waals surface area contributed by atoms with Gasteiger partial charge in [0.15, 0.2) is 5.82 Å². The fraction of sp³-hybridized carbons (Fsp3) is 0.280. The molecule has 2 N–H and O–H groups in total. The number of aryl methyl sites for hydroxylation is 1. The number of halogens is 2. The number of carbonyl (C=O) groups is 1. The zero-order chi connectivity index (χ0) is 25.7. The van der Waals surface area contributed by atoms with Crippen LogP contribution in [0.15, 0.2) is 54.7 Å². The minimum atomic E-state index is -0.444. The van der Waals surface area contributed by atoms with Crippen LogP contribution in [0.5, 0.6) is 0 Å². The van der Waals surface area contributed by atoms with Crippen LogP contribution in [0.2, 0.25) is 0 Å². The number of hydrogen-bond donors (Lipinski definition) is 2. The number of imidazole rings is 1. The Bertz CT molecular complexity index is 1360. The number of fused-ring (bicyclic) bond motifs is 1. The van der Waals surface area contributed by atoms with Gasteiger partial charge in [-0.1, -0.05) is 12.1 Å². The third-order valence-corrected chi connectivity index (χ3v) is 6.24. The van der Waals surface area contributed by atoms with Crippen molar-refractivity contribution in [1.29, 1.82) is 0 Å². The zero-order valence-corrected chi connectivity index (χ0v) is 21.2. The Morgan fingerprint density at radius 1 is 1.14 bits per heavy atom. The van der Waals surface area contributed by atoms with Crippen molar-refractivity contribution in [2.24, 2.45) is 7.05 Å². The maximum atomic E-state index is 12.7. The van der Waals surface area contributed by atoms with Gasteiger partial charge in [-0.3, -0.25) is 14.9 Å². The normalized spacial score (nSPS) is 11.1. The molecule has 0 fully saturated rings. The third-order valence-electron chi connectivity index (χ3n) is 5.90. The number of hydrogen-bond acceptors (Lipinski definition) is 5. The van der Waals surface area contributed by atoms with Gasteiger partial charge in [0.2, 0.25) is 0 Å². The summed E-state index contributed by atoms with van der Waals surface area (Å²) in [5.41, 5.74) is 4.60. The maximum absolute atomic E-state index is 12.7. The van der Waals surface area contributed by atoms with E-state index in [9.17, 15) is 14.9 Å². The molecule has 2 heterocycles. The Kier molecular flexibility index (Phi) is 8.12. The average Bonchev–Trinajstić information content (AvgIpc) is 3.47. The van der Waals surface area contributed by atoms with E-state index in [4.69, 9.17) is 23.2 Å². The van der Waals surface area contributed by atoms with E-state index < -0.39 is 4.92 Å². The van der Waals surface area contributed by atoms with E-state index in [0.717, 1.165) is 29.9 Å². The quantitative estimate of drug-likeness (QED) is 0.166. The number of alkyl halides is 2. The van der Waals surface area contributed by atoms with Crippen LogP contribution in [0.1, 0.15) is 15.9 Å². The van der Waals surface area contributed by atoms with Crippen LogP contribution in [-0.2, 0) is 13.5 Å². The van der Waals surface area contributed by atoms with Gasteiger partial charge in [0.05, 0.1) is 27.8 Å². The van der Waals surface area contributed by atoms with E-state index in [2.05, 4.69) is 20.2 Å². The lowest BCUT2D eigenvalue weighted by Gasteiger charge is -2.23. The molecule has 1 amide bonds. The molecule has 4 rings (SSSR count). The number of amides is 1. The molecule has 0 aliphatic carbocycles. The van der Waals surface area contributed by atoms with Crippen molar-refractivity contribution in [2.75, 3.05) is 36.3 Å². The first-order chi connectivity index (χ1) is 17.4. The molecular weight excluding hydrogens is 503 g/mol. The molecule has 0 saturated heterocycles. The monoisotopic (exact) mass is 528 g/mol. The number of rotatable bonds is 11. The Morgan fingerprint density at radius 2 is 1.86 bits per heavy atom. The summed E-state index contributed by atoms with van der Waals surface area (Å²) in [5.74, 6) is 1.37. The zero-order valence-electron chi connectivity index (χ0n) is 19.7. The van der Waals surface area contributed by atoms with Crippen LogP contribution in [-0.4, -0.2) is 56.8 Å². The molecule has 4 aromatic rings. The fourth-order valence-electron chi connectivity index (χ4n) is 4.02. The number of aromatic nitrogens is 3. The van der Waals surface area contributed by atoms with Crippen molar-refractivity contribution < 1.29 is 9.72 Å². The minimum absolute atomic E-state index is 0.00879. The van der Waals surface area contributed by atoms with Gasteiger partial charge < -0.3 is 19.8 Å². The van der Waals surface area contributed by atoms with Crippen molar-refractivity contribution in [1.82, 2.24) is 19.9 Å². The summed E-state index contributed by atoms with van der Waals surface area (Å²) < 4.78 is 1.64. The molecule has 36 heavy (non-hydrogen) atoms. The molecular formula is C25H26Cl2N6O3. The molecule has 0 saturated carbocycles. The number of anilines is 1. The Morgan fingerprint density at radius 3 is 2.50 bits per heavy atom. The Labute approximate surface area is 218 Å². The van der Waals surface area contributed by atoms with Crippen molar-refractivity contribution in [3.8, 4) is 11.5 Å². The average molecular weight is 529 g/mol. The van der Waals surface area contributed by atoms with Gasteiger partial charge in [-0.15, -0.1) is 23.2 Å². The van der Waals surface area contributed by atoms with Crippen molar-refractivity contribution in [3.63, 3.8) is 0 Å². The molecule has 188 valence electrons. The lowest BCUT2D eigenvalue weighted by atomic mass is 10.1. The van der Waals surface area contributed by atoms with Crippen LogP contribution in [0.25, 0.3) is 22.6 Å². The third kappa shape index (κ3) is 5.80. The number of nitrogens with zero attached hydrogens (tertiary/aromatic N) is 4. The van der Waals surface area contributed by atoms with Crippen LogP contribution >= 0.6 is 23.2 Å². The van der Waals surface area contributed by atoms with Gasteiger partial charge in [0.1, 0.15) is 0 Å². The summed E-state index contributed by atoms with van der Waals surface area (Å²) in [6.07, 6.45) is 2.13. The first kappa shape index (κ1) is 25.5. The minimum Gasteiger partial charge on any atom is -0.369 e. The van der Waals surface area contributed by atoms with E-state index in [1.807, 2.05) is 24.3 Å². The summed E-state index contributed by atoms with van der Waals surface area (Å²) in [4.78, 5) is 33.2.